The molecule has 1 aromatic carbocycles. The number of benzene rings is 1. The van der Waals surface area contributed by atoms with Gasteiger partial charge in [-0.2, -0.15) is 0 Å². The molecular weight excluding hydrogens is 252 g/mol. The largest absolute Gasteiger partial charge is 0.384 e. The molecule has 0 aliphatic rings. The zero-order valence-electron chi connectivity index (χ0n) is 10.9. The lowest BCUT2D eigenvalue weighted by Crippen LogP contribution is -2.28. The van der Waals surface area contributed by atoms with Gasteiger partial charge < -0.3 is 15.4 Å². The number of carbonyl (C=O) groups excluding carboxylic acids is 1. The molecule has 1 aromatic rings. The van der Waals surface area contributed by atoms with Gasteiger partial charge in [0.05, 0.1) is 11.4 Å². The topological polar surface area (TPSA) is 50.4 Å². The fourth-order valence-corrected chi connectivity index (χ4v) is 1.70. The van der Waals surface area contributed by atoms with Crippen LogP contribution in [0.4, 0.5) is 11.4 Å². The standard InChI is InChI=1S/C13H19ClN2O2/c1-4-15-11-7-6-10(14)8-12(11)16-13(17)9(3)18-5-2/h6-9,15H,4-5H2,1-3H3,(H,16,17)/t9-/m1/s1. The number of hydrogen-bond donors (Lipinski definition) is 2. The third-order valence-corrected chi connectivity index (χ3v) is 2.63. The van der Waals surface area contributed by atoms with Gasteiger partial charge in [0.15, 0.2) is 0 Å². The third kappa shape index (κ3) is 4.20. The first-order chi connectivity index (χ1) is 8.58. The van der Waals surface area contributed by atoms with Crippen LogP contribution in [0.1, 0.15) is 20.8 Å². The minimum absolute atomic E-state index is 0.182. The van der Waals surface area contributed by atoms with Crippen molar-refractivity contribution < 1.29 is 9.53 Å². The Balaban J connectivity index is 2.81. The van der Waals surface area contributed by atoms with Crippen LogP contribution in [0.15, 0.2) is 18.2 Å². The molecule has 2 N–H and O–H groups in total. The first kappa shape index (κ1) is 14.8. The molecule has 0 saturated heterocycles. The molecular formula is C13H19ClN2O2. The van der Waals surface area contributed by atoms with E-state index < -0.39 is 6.10 Å². The van der Waals surface area contributed by atoms with Crippen LogP contribution in [0, 0.1) is 0 Å². The number of rotatable bonds is 6. The summed E-state index contributed by atoms with van der Waals surface area (Å²) in [6.45, 7) is 6.84. The Morgan fingerprint density at radius 2 is 2.11 bits per heavy atom. The SMILES string of the molecule is CCNc1ccc(Cl)cc1NC(=O)[C@@H](C)OCC. The van der Waals surface area contributed by atoms with Gasteiger partial charge in [0, 0.05) is 18.2 Å². The number of anilines is 2. The summed E-state index contributed by atoms with van der Waals surface area (Å²) in [5.74, 6) is -0.182. The van der Waals surface area contributed by atoms with Crippen molar-refractivity contribution in [2.75, 3.05) is 23.8 Å². The summed E-state index contributed by atoms with van der Waals surface area (Å²) in [7, 11) is 0. The summed E-state index contributed by atoms with van der Waals surface area (Å²) >= 11 is 5.93. The maximum Gasteiger partial charge on any atom is 0.253 e. The van der Waals surface area contributed by atoms with E-state index in [0.29, 0.717) is 17.3 Å². The van der Waals surface area contributed by atoms with E-state index in [0.717, 1.165) is 12.2 Å². The third-order valence-electron chi connectivity index (χ3n) is 2.39. The Bertz CT molecular complexity index is 410. The molecule has 0 saturated carbocycles. The molecule has 0 fully saturated rings. The molecule has 0 radical (unpaired) electrons. The van der Waals surface area contributed by atoms with Crippen molar-refractivity contribution in [2.45, 2.75) is 26.9 Å². The van der Waals surface area contributed by atoms with Crippen LogP contribution < -0.4 is 10.6 Å². The molecule has 0 aromatic heterocycles. The van der Waals surface area contributed by atoms with E-state index in [4.69, 9.17) is 16.3 Å². The van der Waals surface area contributed by atoms with Crippen molar-refractivity contribution in [3.05, 3.63) is 23.2 Å². The number of amides is 1. The zero-order valence-corrected chi connectivity index (χ0v) is 11.7. The molecule has 4 nitrogen and oxygen atoms in total. The van der Waals surface area contributed by atoms with Crippen molar-refractivity contribution in [2.24, 2.45) is 0 Å². The Kier molecular flexibility index (Phi) is 5.95. The number of hydrogen-bond acceptors (Lipinski definition) is 3. The summed E-state index contributed by atoms with van der Waals surface area (Å²) in [6, 6.07) is 5.34. The quantitative estimate of drug-likeness (QED) is 0.835. The highest BCUT2D eigenvalue weighted by Crippen LogP contribution is 2.25. The highest BCUT2D eigenvalue weighted by atomic mass is 35.5. The molecule has 18 heavy (non-hydrogen) atoms. The smallest absolute Gasteiger partial charge is 0.253 e. The predicted octanol–water partition coefficient (Wildman–Crippen LogP) is 3.14. The monoisotopic (exact) mass is 270 g/mol. The second kappa shape index (κ2) is 7.24. The highest BCUT2D eigenvalue weighted by molar-refractivity contribution is 6.31. The van der Waals surface area contributed by atoms with Gasteiger partial charge in [-0.05, 0) is 39.0 Å². The van der Waals surface area contributed by atoms with Crippen LogP contribution >= 0.6 is 11.6 Å². The second-order valence-electron chi connectivity index (χ2n) is 3.81. The van der Waals surface area contributed by atoms with Crippen molar-refractivity contribution in [1.82, 2.24) is 0 Å². The molecule has 0 aliphatic carbocycles. The van der Waals surface area contributed by atoms with Gasteiger partial charge in [0.25, 0.3) is 5.91 Å². The van der Waals surface area contributed by atoms with Gasteiger partial charge in [-0.3, -0.25) is 4.79 Å². The van der Waals surface area contributed by atoms with Gasteiger partial charge >= 0.3 is 0 Å². The summed E-state index contributed by atoms with van der Waals surface area (Å²) in [5.41, 5.74) is 1.51. The van der Waals surface area contributed by atoms with Crippen LogP contribution in [0.5, 0.6) is 0 Å². The minimum atomic E-state index is -0.483. The van der Waals surface area contributed by atoms with Crippen molar-refractivity contribution in [3.63, 3.8) is 0 Å². The lowest BCUT2D eigenvalue weighted by atomic mass is 10.2. The van der Waals surface area contributed by atoms with E-state index in [9.17, 15) is 4.79 Å². The van der Waals surface area contributed by atoms with Gasteiger partial charge in [0.1, 0.15) is 6.10 Å². The second-order valence-corrected chi connectivity index (χ2v) is 4.24. The van der Waals surface area contributed by atoms with E-state index in [1.165, 1.54) is 0 Å². The van der Waals surface area contributed by atoms with Crippen molar-refractivity contribution >= 4 is 28.9 Å². The van der Waals surface area contributed by atoms with E-state index in [-0.39, 0.29) is 5.91 Å². The van der Waals surface area contributed by atoms with Crippen LogP contribution in [0.2, 0.25) is 5.02 Å². The summed E-state index contributed by atoms with van der Waals surface area (Å²) in [4.78, 5) is 11.9. The summed E-state index contributed by atoms with van der Waals surface area (Å²) in [5, 5.41) is 6.55. The fourth-order valence-electron chi connectivity index (χ4n) is 1.52. The Morgan fingerprint density at radius 3 is 2.72 bits per heavy atom. The molecule has 5 heteroatoms. The normalized spacial score (nSPS) is 12.0. The molecule has 1 amide bonds. The van der Waals surface area contributed by atoms with Gasteiger partial charge in [0.2, 0.25) is 0 Å². The van der Waals surface area contributed by atoms with E-state index >= 15 is 0 Å². The zero-order chi connectivity index (χ0) is 13.5. The van der Waals surface area contributed by atoms with Crippen LogP contribution in [-0.4, -0.2) is 25.2 Å². The first-order valence-corrected chi connectivity index (χ1v) is 6.42. The molecule has 100 valence electrons. The van der Waals surface area contributed by atoms with E-state index in [2.05, 4.69) is 10.6 Å². The minimum Gasteiger partial charge on any atom is -0.384 e. The van der Waals surface area contributed by atoms with E-state index in [1.807, 2.05) is 19.9 Å². The predicted molar refractivity (Wildman–Crippen MR) is 75.3 cm³/mol. The van der Waals surface area contributed by atoms with Crippen LogP contribution in [0.25, 0.3) is 0 Å². The molecule has 1 atom stereocenters. The number of carbonyl (C=O) groups is 1. The Hall–Kier alpha value is -1.26. The maximum absolute atomic E-state index is 11.9. The van der Waals surface area contributed by atoms with E-state index in [1.54, 1.807) is 19.1 Å². The lowest BCUT2D eigenvalue weighted by Gasteiger charge is -2.15. The fraction of sp³-hybridized carbons (Fsp3) is 0.462. The highest BCUT2D eigenvalue weighted by Gasteiger charge is 2.14. The average Bonchev–Trinajstić information content (AvgIpc) is 2.33. The Morgan fingerprint density at radius 1 is 1.39 bits per heavy atom. The van der Waals surface area contributed by atoms with Crippen LogP contribution in [0.3, 0.4) is 0 Å². The first-order valence-electron chi connectivity index (χ1n) is 6.04. The molecule has 1 rings (SSSR count). The van der Waals surface area contributed by atoms with Crippen LogP contribution in [-0.2, 0) is 9.53 Å². The summed E-state index contributed by atoms with van der Waals surface area (Å²) in [6.07, 6.45) is -0.483. The van der Waals surface area contributed by atoms with Gasteiger partial charge in [-0.15, -0.1) is 0 Å². The molecule has 0 spiro atoms. The molecule has 0 bridgehead atoms. The number of ether oxygens (including phenoxy) is 1. The molecule has 0 aliphatic heterocycles. The Labute approximate surface area is 113 Å². The van der Waals surface area contributed by atoms with Gasteiger partial charge in [-0.25, -0.2) is 0 Å². The number of halogens is 1. The summed E-state index contributed by atoms with van der Waals surface area (Å²) < 4.78 is 5.24. The number of nitrogens with one attached hydrogen (secondary N) is 2. The van der Waals surface area contributed by atoms with Crippen molar-refractivity contribution in [1.29, 1.82) is 0 Å². The van der Waals surface area contributed by atoms with Gasteiger partial charge in [-0.1, -0.05) is 11.6 Å². The molecule has 0 heterocycles. The maximum atomic E-state index is 11.9. The molecule has 0 unspecified atom stereocenters. The lowest BCUT2D eigenvalue weighted by molar-refractivity contribution is -0.126. The average molecular weight is 271 g/mol. The van der Waals surface area contributed by atoms with Crippen molar-refractivity contribution in [3.8, 4) is 0 Å².